The van der Waals surface area contributed by atoms with E-state index in [0.717, 1.165) is 15.7 Å². The number of halogens is 1. The molecule has 1 N–H and O–H groups in total. The molecule has 1 fully saturated rings. The second-order valence-electron chi connectivity index (χ2n) is 4.57. The molecule has 88 valence electrons. The zero-order chi connectivity index (χ0) is 11.7. The largest absolute Gasteiger partial charge is 0.389 e. The zero-order valence-corrected chi connectivity index (χ0v) is 11.4. The van der Waals surface area contributed by atoms with E-state index in [1.54, 1.807) is 0 Å². The Morgan fingerprint density at radius 3 is 2.62 bits per heavy atom. The van der Waals surface area contributed by atoms with Gasteiger partial charge in [0.25, 0.3) is 0 Å². The van der Waals surface area contributed by atoms with Gasteiger partial charge in [-0.1, -0.05) is 15.9 Å². The van der Waals surface area contributed by atoms with E-state index in [1.807, 2.05) is 19.1 Å². The van der Waals surface area contributed by atoms with Crippen LogP contribution in [0.4, 0.5) is 5.69 Å². The lowest BCUT2D eigenvalue weighted by Gasteiger charge is -2.37. The summed E-state index contributed by atoms with van der Waals surface area (Å²) in [6.45, 7) is 1.82. The molecule has 1 aliphatic carbocycles. The lowest BCUT2D eigenvalue weighted by atomic mass is 9.91. The molecule has 16 heavy (non-hydrogen) atoms. The van der Waals surface area contributed by atoms with Crippen molar-refractivity contribution in [2.45, 2.75) is 38.3 Å². The zero-order valence-electron chi connectivity index (χ0n) is 9.78. The fraction of sp³-hybridized carbons (Fsp3) is 0.538. The number of hydrogen-bond acceptors (Lipinski definition) is 2. The van der Waals surface area contributed by atoms with Crippen molar-refractivity contribution in [2.75, 3.05) is 11.9 Å². The van der Waals surface area contributed by atoms with E-state index < -0.39 is 6.10 Å². The van der Waals surface area contributed by atoms with Gasteiger partial charge in [-0.3, -0.25) is 0 Å². The van der Waals surface area contributed by atoms with E-state index in [4.69, 9.17) is 0 Å². The van der Waals surface area contributed by atoms with E-state index >= 15 is 0 Å². The summed E-state index contributed by atoms with van der Waals surface area (Å²) in [6.07, 6.45) is 3.45. The van der Waals surface area contributed by atoms with Gasteiger partial charge in [0.2, 0.25) is 0 Å². The molecule has 1 saturated carbocycles. The maximum atomic E-state index is 9.80. The normalized spacial score (nSPS) is 18.0. The highest BCUT2D eigenvalue weighted by molar-refractivity contribution is 9.10. The highest BCUT2D eigenvalue weighted by Gasteiger charge is 2.24. The van der Waals surface area contributed by atoms with Crippen LogP contribution < -0.4 is 4.90 Å². The first kappa shape index (κ1) is 11.9. The van der Waals surface area contributed by atoms with Gasteiger partial charge in [-0.15, -0.1) is 0 Å². The molecule has 1 unspecified atom stereocenters. The van der Waals surface area contributed by atoms with Gasteiger partial charge in [-0.25, -0.2) is 0 Å². The molecule has 0 spiro atoms. The Balaban J connectivity index is 2.30. The standard InChI is InChI=1S/C13H18BrNO/c1-9(16)12-8-10(14)6-7-13(12)15(2)11-4-3-5-11/h6-9,11,16H,3-5H2,1-2H3. The van der Waals surface area contributed by atoms with Crippen molar-refractivity contribution in [3.8, 4) is 0 Å². The molecule has 0 aliphatic heterocycles. The first-order valence-corrected chi connectivity index (χ1v) is 6.59. The number of anilines is 1. The van der Waals surface area contributed by atoms with Gasteiger partial charge < -0.3 is 10.0 Å². The average Bonchev–Trinajstić information content (AvgIpc) is 2.14. The number of hydrogen-bond donors (Lipinski definition) is 1. The van der Waals surface area contributed by atoms with E-state index in [9.17, 15) is 5.11 Å². The Kier molecular flexibility index (Phi) is 3.55. The first-order valence-electron chi connectivity index (χ1n) is 5.80. The Hall–Kier alpha value is -0.540. The monoisotopic (exact) mass is 283 g/mol. The van der Waals surface area contributed by atoms with Crippen molar-refractivity contribution in [1.29, 1.82) is 0 Å². The summed E-state index contributed by atoms with van der Waals surface area (Å²) in [5, 5.41) is 9.80. The van der Waals surface area contributed by atoms with Crippen molar-refractivity contribution in [1.82, 2.24) is 0 Å². The number of aliphatic hydroxyl groups is 1. The first-order chi connectivity index (χ1) is 7.59. The third-order valence-electron chi connectivity index (χ3n) is 3.44. The number of nitrogens with zero attached hydrogens (tertiary/aromatic N) is 1. The van der Waals surface area contributed by atoms with Crippen LogP contribution in [0.5, 0.6) is 0 Å². The molecule has 3 heteroatoms. The van der Waals surface area contributed by atoms with Gasteiger partial charge in [0.1, 0.15) is 0 Å². The summed E-state index contributed by atoms with van der Waals surface area (Å²) in [5.74, 6) is 0. The van der Waals surface area contributed by atoms with Gasteiger partial charge in [0.15, 0.2) is 0 Å². The number of rotatable bonds is 3. The highest BCUT2D eigenvalue weighted by atomic mass is 79.9. The SMILES string of the molecule is CC(O)c1cc(Br)ccc1N(C)C1CCC1. The van der Waals surface area contributed by atoms with Crippen LogP contribution in [0.3, 0.4) is 0 Å². The van der Waals surface area contributed by atoms with Gasteiger partial charge in [-0.05, 0) is 44.4 Å². The van der Waals surface area contributed by atoms with Crippen LogP contribution >= 0.6 is 15.9 Å². The Labute approximate surface area is 105 Å². The van der Waals surface area contributed by atoms with Crippen molar-refractivity contribution < 1.29 is 5.11 Å². The minimum Gasteiger partial charge on any atom is -0.389 e. The Morgan fingerprint density at radius 1 is 1.44 bits per heavy atom. The second kappa shape index (κ2) is 4.76. The van der Waals surface area contributed by atoms with Crippen LogP contribution in [-0.4, -0.2) is 18.2 Å². The van der Waals surface area contributed by atoms with Gasteiger partial charge in [-0.2, -0.15) is 0 Å². The van der Waals surface area contributed by atoms with Gasteiger partial charge in [0.05, 0.1) is 6.10 Å². The van der Waals surface area contributed by atoms with E-state index in [-0.39, 0.29) is 0 Å². The molecule has 1 aromatic carbocycles. The molecule has 1 aliphatic rings. The maximum absolute atomic E-state index is 9.80. The van der Waals surface area contributed by atoms with Crippen LogP contribution in [0.1, 0.15) is 37.9 Å². The summed E-state index contributed by atoms with van der Waals surface area (Å²) in [4.78, 5) is 2.30. The topological polar surface area (TPSA) is 23.5 Å². The summed E-state index contributed by atoms with van der Waals surface area (Å²) in [6, 6.07) is 6.79. The molecule has 0 saturated heterocycles. The van der Waals surface area contributed by atoms with Crippen LogP contribution in [0.15, 0.2) is 22.7 Å². The minimum absolute atomic E-state index is 0.421. The maximum Gasteiger partial charge on any atom is 0.0782 e. The van der Waals surface area contributed by atoms with E-state index in [1.165, 1.54) is 19.3 Å². The van der Waals surface area contributed by atoms with E-state index in [0.29, 0.717) is 6.04 Å². The molecule has 0 aromatic heterocycles. The summed E-state index contributed by atoms with van der Waals surface area (Å²) in [5.41, 5.74) is 2.16. The molecule has 0 amide bonds. The van der Waals surface area contributed by atoms with E-state index in [2.05, 4.69) is 33.9 Å². The molecule has 1 atom stereocenters. The fourth-order valence-electron chi connectivity index (χ4n) is 2.15. The number of aliphatic hydroxyl groups excluding tert-OH is 1. The fourth-order valence-corrected chi connectivity index (χ4v) is 2.53. The molecular formula is C13H18BrNO. The van der Waals surface area contributed by atoms with Gasteiger partial charge in [0, 0.05) is 28.8 Å². The smallest absolute Gasteiger partial charge is 0.0782 e. The predicted octanol–water partition coefficient (Wildman–Crippen LogP) is 3.49. The van der Waals surface area contributed by atoms with Gasteiger partial charge >= 0.3 is 0 Å². The van der Waals surface area contributed by atoms with Crippen LogP contribution in [0.25, 0.3) is 0 Å². The number of benzene rings is 1. The quantitative estimate of drug-likeness (QED) is 0.918. The third kappa shape index (κ3) is 2.25. The lowest BCUT2D eigenvalue weighted by molar-refractivity contribution is 0.199. The molecule has 0 bridgehead atoms. The van der Waals surface area contributed by atoms with Crippen LogP contribution in [0.2, 0.25) is 0 Å². The van der Waals surface area contributed by atoms with Crippen molar-refractivity contribution in [3.05, 3.63) is 28.2 Å². The molecule has 2 rings (SSSR count). The molecule has 1 aromatic rings. The summed E-state index contributed by atoms with van der Waals surface area (Å²) < 4.78 is 1.02. The van der Waals surface area contributed by atoms with Crippen molar-refractivity contribution in [3.63, 3.8) is 0 Å². The Morgan fingerprint density at radius 2 is 2.12 bits per heavy atom. The highest BCUT2D eigenvalue weighted by Crippen LogP contribution is 2.34. The second-order valence-corrected chi connectivity index (χ2v) is 5.49. The van der Waals surface area contributed by atoms with Crippen LogP contribution in [-0.2, 0) is 0 Å². The van der Waals surface area contributed by atoms with Crippen molar-refractivity contribution in [2.24, 2.45) is 0 Å². The Bertz CT molecular complexity index is 374. The summed E-state index contributed by atoms with van der Waals surface area (Å²) in [7, 11) is 2.12. The summed E-state index contributed by atoms with van der Waals surface area (Å²) >= 11 is 3.45. The lowest BCUT2D eigenvalue weighted by Crippen LogP contribution is -2.37. The third-order valence-corrected chi connectivity index (χ3v) is 3.94. The average molecular weight is 284 g/mol. The van der Waals surface area contributed by atoms with Crippen molar-refractivity contribution >= 4 is 21.6 Å². The molecule has 2 nitrogen and oxygen atoms in total. The molecular weight excluding hydrogens is 266 g/mol. The minimum atomic E-state index is -0.421. The van der Waals surface area contributed by atoms with Crippen LogP contribution in [0, 0.1) is 0 Å². The predicted molar refractivity (Wildman–Crippen MR) is 70.8 cm³/mol. The molecule has 0 radical (unpaired) electrons. The molecule has 0 heterocycles.